The Kier molecular flexibility index (Phi) is 3.04. The van der Waals surface area contributed by atoms with E-state index < -0.39 is 23.7 Å². The van der Waals surface area contributed by atoms with Crippen LogP contribution in [0.4, 0.5) is 4.79 Å². The number of rotatable bonds is 0. The minimum Gasteiger partial charge on any atom is -0.443 e. The van der Waals surface area contributed by atoms with Gasteiger partial charge >= 0.3 is 6.09 Å². The summed E-state index contributed by atoms with van der Waals surface area (Å²) < 4.78 is 5.07. The molecule has 1 N–H and O–H groups in total. The van der Waals surface area contributed by atoms with Crippen molar-refractivity contribution in [2.24, 2.45) is 0 Å². The molecule has 5 heteroatoms. The zero-order valence-electron chi connectivity index (χ0n) is 9.48. The molecule has 0 radical (unpaired) electrons. The zero-order chi connectivity index (χ0) is 11.8. The Bertz CT molecular complexity index is 282. The molecule has 5 nitrogen and oxygen atoms in total. The van der Waals surface area contributed by atoms with Crippen molar-refractivity contribution in [3.63, 3.8) is 0 Å². The molecule has 1 aliphatic heterocycles. The van der Waals surface area contributed by atoms with Crippen LogP contribution in [0, 0.1) is 0 Å². The molecular weight excluding hydrogens is 198 g/mol. The summed E-state index contributed by atoms with van der Waals surface area (Å²) in [6.07, 6.45) is -1.48. The number of amides is 2. The van der Waals surface area contributed by atoms with Crippen molar-refractivity contribution in [1.29, 1.82) is 0 Å². The van der Waals surface area contributed by atoms with E-state index in [1.54, 1.807) is 27.7 Å². The maximum Gasteiger partial charge on any atom is 0.417 e. The van der Waals surface area contributed by atoms with Crippen molar-refractivity contribution in [3.8, 4) is 0 Å². The fourth-order valence-electron chi connectivity index (χ4n) is 1.49. The largest absolute Gasteiger partial charge is 0.443 e. The molecule has 86 valence electrons. The summed E-state index contributed by atoms with van der Waals surface area (Å²) in [6.45, 7) is 6.89. The minimum atomic E-state index is -1.08. The summed E-state index contributed by atoms with van der Waals surface area (Å²) in [4.78, 5) is 24.0. The van der Waals surface area contributed by atoms with Crippen LogP contribution in [0.25, 0.3) is 0 Å². The average molecular weight is 215 g/mol. The van der Waals surface area contributed by atoms with Crippen LogP contribution in [-0.4, -0.2) is 39.8 Å². The van der Waals surface area contributed by atoms with Crippen molar-refractivity contribution < 1.29 is 19.4 Å². The molecule has 1 fully saturated rings. The second kappa shape index (κ2) is 3.81. The van der Waals surface area contributed by atoms with Gasteiger partial charge in [-0.25, -0.2) is 9.69 Å². The quantitative estimate of drug-likeness (QED) is 0.652. The van der Waals surface area contributed by atoms with Gasteiger partial charge in [-0.3, -0.25) is 4.79 Å². The van der Waals surface area contributed by atoms with Crippen LogP contribution in [0.2, 0.25) is 0 Å². The van der Waals surface area contributed by atoms with Gasteiger partial charge in [-0.05, 0) is 27.7 Å². The van der Waals surface area contributed by atoms with E-state index in [0.29, 0.717) is 0 Å². The molecule has 1 saturated heterocycles. The molecule has 1 aliphatic rings. The lowest BCUT2D eigenvalue weighted by atomic mass is 10.2. The molecule has 0 aromatic carbocycles. The Balaban J connectivity index is 2.72. The smallest absolute Gasteiger partial charge is 0.417 e. The van der Waals surface area contributed by atoms with E-state index in [4.69, 9.17) is 4.74 Å². The summed E-state index contributed by atoms with van der Waals surface area (Å²) in [6, 6.07) is -0.303. The van der Waals surface area contributed by atoms with E-state index in [2.05, 4.69) is 0 Å². The average Bonchev–Trinajstić information content (AvgIpc) is 2.22. The monoisotopic (exact) mass is 215 g/mol. The number of carbonyl (C=O) groups excluding carboxylic acids is 2. The number of ether oxygens (including phenoxy) is 1. The van der Waals surface area contributed by atoms with Crippen LogP contribution in [0.1, 0.15) is 34.1 Å². The highest BCUT2D eigenvalue weighted by Gasteiger charge is 2.41. The third-order valence-corrected chi connectivity index (χ3v) is 2.12. The molecule has 1 rings (SSSR count). The Morgan fingerprint density at radius 2 is 2.07 bits per heavy atom. The van der Waals surface area contributed by atoms with Crippen LogP contribution in [-0.2, 0) is 9.53 Å². The third-order valence-electron chi connectivity index (χ3n) is 2.12. The van der Waals surface area contributed by atoms with Crippen LogP contribution in [0.15, 0.2) is 0 Å². The number of likely N-dealkylation sites (tertiary alicyclic amines) is 1. The number of carbonyl (C=O) groups is 2. The first-order valence-electron chi connectivity index (χ1n) is 4.96. The lowest BCUT2D eigenvalue weighted by molar-refractivity contribution is -0.134. The minimum absolute atomic E-state index is 0.276. The lowest BCUT2D eigenvalue weighted by Crippen LogP contribution is -2.42. The molecule has 0 aliphatic carbocycles. The van der Waals surface area contributed by atoms with Gasteiger partial charge in [0, 0.05) is 12.5 Å². The number of nitrogens with zero attached hydrogens (tertiary/aromatic N) is 1. The second-order valence-electron chi connectivity index (χ2n) is 4.79. The van der Waals surface area contributed by atoms with E-state index in [1.807, 2.05) is 0 Å². The van der Waals surface area contributed by atoms with Crippen molar-refractivity contribution in [2.75, 3.05) is 0 Å². The fourth-order valence-corrected chi connectivity index (χ4v) is 1.49. The van der Waals surface area contributed by atoms with E-state index in [0.717, 1.165) is 4.90 Å². The molecule has 0 aromatic rings. The van der Waals surface area contributed by atoms with Crippen LogP contribution < -0.4 is 0 Å². The van der Waals surface area contributed by atoms with Gasteiger partial charge in [0.05, 0.1) is 0 Å². The standard InChI is InChI=1S/C10H17NO4/c1-6-5-7(12)8(13)11(6)9(14)15-10(2,3)4/h6-7,12H,5H2,1-4H3. The van der Waals surface area contributed by atoms with Crippen LogP contribution in [0.5, 0.6) is 0 Å². The third kappa shape index (κ3) is 2.68. The molecule has 2 amide bonds. The summed E-state index contributed by atoms with van der Waals surface area (Å²) >= 11 is 0. The normalized spacial score (nSPS) is 27.0. The molecular formula is C10H17NO4. The molecule has 0 bridgehead atoms. The first-order chi connectivity index (χ1) is 6.72. The molecule has 0 spiro atoms. The maximum atomic E-state index is 11.6. The maximum absolute atomic E-state index is 11.6. The number of aliphatic hydroxyl groups is 1. The zero-order valence-corrected chi connectivity index (χ0v) is 9.48. The predicted octanol–water partition coefficient (Wildman–Crippen LogP) is 0.903. The van der Waals surface area contributed by atoms with Crippen molar-refractivity contribution in [1.82, 2.24) is 4.90 Å². The second-order valence-corrected chi connectivity index (χ2v) is 4.79. The summed E-state index contributed by atoms with van der Waals surface area (Å²) in [7, 11) is 0. The highest BCUT2D eigenvalue weighted by molar-refractivity contribution is 5.96. The topological polar surface area (TPSA) is 66.8 Å². The number of hydrogen-bond donors (Lipinski definition) is 1. The van der Waals surface area contributed by atoms with Gasteiger partial charge in [-0.2, -0.15) is 0 Å². The number of imide groups is 1. The highest BCUT2D eigenvalue weighted by Crippen LogP contribution is 2.21. The Morgan fingerprint density at radius 1 is 1.53 bits per heavy atom. The Morgan fingerprint density at radius 3 is 2.40 bits per heavy atom. The molecule has 2 unspecified atom stereocenters. The molecule has 2 atom stereocenters. The van der Waals surface area contributed by atoms with Gasteiger partial charge in [-0.15, -0.1) is 0 Å². The highest BCUT2D eigenvalue weighted by atomic mass is 16.6. The van der Waals surface area contributed by atoms with Gasteiger partial charge in [0.1, 0.15) is 11.7 Å². The fraction of sp³-hybridized carbons (Fsp3) is 0.800. The van der Waals surface area contributed by atoms with E-state index in [-0.39, 0.29) is 12.5 Å². The molecule has 0 saturated carbocycles. The SMILES string of the molecule is CC1CC(O)C(=O)N1C(=O)OC(C)(C)C. The summed E-state index contributed by atoms with van der Waals surface area (Å²) in [5.74, 6) is -0.572. The lowest BCUT2D eigenvalue weighted by Gasteiger charge is -2.25. The first kappa shape index (κ1) is 12.0. The number of aliphatic hydroxyl groups excluding tert-OH is 1. The van der Waals surface area contributed by atoms with E-state index in [9.17, 15) is 14.7 Å². The van der Waals surface area contributed by atoms with Crippen LogP contribution in [0.3, 0.4) is 0 Å². The van der Waals surface area contributed by atoms with E-state index in [1.165, 1.54) is 0 Å². The first-order valence-corrected chi connectivity index (χ1v) is 4.96. The molecule has 15 heavy (non-hydrogen) atoms. The summed E-state index contributed by atoms with van der Waals surface area (Å²) in [5.41, 5.74) is -0.634. The number of hydrogen-bond acceptors (Lipinski definition) is 4. The van der Waals surface area contributed by atoms with Crippen LogP contribution >= 0.6 is 0 Å². The van der Waals surface area contributed by atoms with Gasteiger partial charge < -0.3 is 9.84 Å². The Hall–Kier alpha value is -1.10. The van der Waals surface area contributed by atoms with Crippen molar-refractivity contribution >= 4 is 12.0 Å². The van der Waals surface area contributed by atoms with Gasteiger partial charge in [0.15, 0.2) is 0 Å². The molecule has 0 aromatic heterocycles. The van der Waals surface area contributed by atoms with Gasteiger partial charge in [-0.1, -0.05) is 0 Å². The van der Waals surface area contributed by atoms with Gasteiger partial charge in [0.25, 0.3) is 5.91 Å². The summed E-state index contributed by atoms with van der Waals surface area (Å²) in [5, 5.41) is 9.29. The molecule has 1 heterocycles. The predicted molar refractivity (Wildman–Crippen MR) is 53.2 cm³/mol. The van der Waals surface area contributed by atoms with Crippen molar-refractivity contribution in [2.45, 2.75) is 51.9 Å². The van der Waals surface area contributed by atoms with E-state index >= 15 is 0 Å². The van der Waals surface area contributed by atoms with Crippen molar-refractivity contribution in [3.05, 3.63) is 0 Å². The Labute approximate surface area is 89.0 Å². The van der Waals surface area contributed by atoms with Gasteiger partial charge in [0.2, 0.25) is 0 Å².